The van der Waals surface area contributed by atoms with Gasteiger partial charge in [-0.25, -0.2) is 0 Å². The van der Waals surface area contributed by atoms with Crippen molar-refractivity contribution in [3.05, 3.63) is 0 Å². The van der Waals surface area contributed by atoms with Gasteiger partial charge in [0.2, 0.25) is 0 Å². The van der Waals surface area contributed by atoms with E-state index in [1.54, 1.807) is 0 Å². The van der Waals surface area contributed by atoms with Crippen molar-refractivity contribution in [1.29, 1.82) is 0 Å². The van der Waals surface area contributed by atoms with Gasteiger partial charge in [-0.2, -0.15) is 0 Å². The zero-order valence-electron chi connectivity index (χ0n) is 8.30. The zero-order valence-corrected chi connectivity index (χ0v) is 8.30. The fourth-order valence-corrected chi connectivity index (χ4v) is 1.31. The van der Waals surface area contributed by atoms with Crippen LogP contribution in [0.2, 0.25) is 0 Å². The van der Waals surface area contributed by atoms with E-state index in [0.29, 0.717) is 0 Å². The fourth-order valence-electron chi connectivity index (χ4n) is 1.31. The quantitative estimate of drug-likeness (QED) is 0.352. The van der Waals surface area contributed by atoms with Gasteiger partial charge in [-0.15, -0.1) is 0 Å². The van der Waals surface area contributed by atoms with E-state index in [4.69, 9.17) is 4.74 Å². The highest BCUT2D eigenvalue weighted by molar-refractivity contribution is 6.02. The standard InChI is InChI=1S/C8H13NO6/c1-8(15-2)5(12)3(10)4(11)6(13)9-7(8)14/h3-5,10-12H,1-2H3,(H,9,13,14)/t3-,4+,5+,8-/m1/s1. The molecule has 1 aliphatic heterocycles. The van der Waals surface area contributed by atoms with Crippen LogP contribution in [0.3, 0.4) is 0 Å². The molecule has 2 amide bonds. The molecule has 7 heteroatoms. The number of methoxy groups -OCH3 is 1. The molecule has 0 aromatic heterocycles. The third-order valence-electron chi connectivity index (χ3n) is 2.59. The van der Waals surface area contributed by atoms with Gasteiger partial charge < -0.3 is 20.1 Å². The number of carbonyl (C=O) groups is 2. The van der Waals surface area contributed by atoms with E-state index in [-0.39, 0.29) is 0 Å². The number of nitrogens with one attached hydrogen (secondary N) is 1. The second-order valence-corrected chi connectivity index (χ2v) is 3.51. The minimum Gasteiger partial charge on any atom is -0.387 e. The van der Waals surface area contributed by atoms with Crippen LogP contribution in [-0.2, 0) is 14.3 Å². The van der Waals surface area contributed by atoms with E-state index in [1.165, 1.54) is 6.92 Å². The van der Waals surface area contributed by atoms with Crippen LogP contribution < -0.4 is 5.32 Å². The summed E-state index contributed by atoms with van der Waals surface area (Å²) < 4.78 is 4.76. The molecule has 0 saturated carbocycles. The van der Waals surface area contributed by atoms with E-state index < -0.39 is 35.7 Å². The average Bonchev–Trinajstić information content (AvgIpc) is 2.27. The smallest absolute Gasteiger partial charge is 0.261 e. The number of hydrogen-bond acceptors (Lipinski definition) is 6. The highest BCUT2D eigenvalue weighted by Crippen LogP contribution is 2.22. The summed E-state index contributed by atoms with van der Waals surface area (Å²) in [6.07, 6.45) is -5.33. The molecule has 0 spiro atoms. The van der Waals surface area contributed by atoms with E-state index in [1.807, 2.05) is 5.32 Å². The van der Waals surface area contributed by atoms with Crippen LogP contribution in [0, 0.1) is 0 Å². The van der Waals surface area contributed by atoms with Crippen molar-refractivity contribution in [1.82, 2.24) is 5.32 Å². The number of imide groups is 1. The number of amides is 2. The Labute approximate surface area is 85.7 Å². The third kappa shape index (κ3) is 1.74. The van der Waals surface area contributed by atoms with Crippen LogP contribution >= 0.6 is 0 Å². The molecule has 4 atom stereocenters. The third-order valence-corrected chi connectivity index (χ3v) is 2.59. The SMILES string of the molecule is CO[C@@]1(C)C(=O)NC(=O)[C@@H](O)[C@@H](O)[C@@H]1O. The summed E-state index contributed by atoms with van der Waals surface area (Å²) in [6, 6.07) is 0. The number of hydrogen-bond donors (Lipinski definition) is 4. The molecule has 0 unspecified atom stereocenters. The van der Waals surface area contributed by atoms with Crippen molar-refractivity contribution in [2.45, 2.75) is 30.8 Å². The molecule has 7 nitrogen and oxygen atoms in total. The van der Waals surface area contributed by atoms with Gasteiger partial charge in [0.25, 0.3) is 11.8 Å². The maximum absolute atomic E-state index is 11.4. The largest absolute Gasteiger partial charge is 0.387 e. The van der Waals surface area contributed by atoms with Crippen LogP contribution in [-0.4, -0.2) is 58.2 Å². The first-order valence-electron chi connectivity index (χ1n) is 4.29. The van der Waals surface area contributed by atoms with E-state index >= 15 is 0 Å². The van der Waals surface area contributed by atoms with Gasteiger partial charge in [-0.3, -0.25) is 14.9 Å². The number of ether oxygens (including phenoxy) is 1. The molecule has 86 valence electrons. The summed E-state index contributed by atoms with van der Waals surface area (Å²) in [6.45, 7) is 1.21. The second kappa shape index (κ2) is 3.86. The molecular weight excluding hydrogens is 206 g/mol. The van der Waals surface area contributed by atoms with Gasteiger partial charge in [0, 0.05) is 7.11 Å². The monoisotopic (exact) mass is 219 g/mol. The summed E-state index contributed by atoms with van der Waals surface area (Å²) in [4.78, 5) is 22.5. The van der Waals surface area contributed by atoms with Gasteiger partial charge in [0.15, 0.2) is 11.7 Å². The van der Waals surface area contributed by atoms with Crippen molar-refractivity contribution < 1.29 is 29.6 Å². The lowest BCUT2D eigenvalue weighted by Gasteiger charge is -2.31. The molecule has 1 aliphatic rings. The summed E-state index contributed by atoms with van der Waals surface area (Å²) in [5, 5.41) is 30.0. The van der Waals surface area contributed by atoms with Crippen LogP contribution in [0.4, 0.5) is 0 Å². The maximum Gasteiger partial charge on any atom is 0.261 e. The topological polar surface area (TPSA) is 116 Å². The van der Waals surface area contributed by atoms with E-state index in [0.717, 1.165) is 7.11 Å². The molecular formula is C8H13NO6. The van der Waals surface area contributed by atoms with Crippen LogP contribution in [0.1, 0.15) is 6.92 Å². The molecule has 1 rings (SSSR count). The number of rotatable bonds is 1. The molecule has 0 aromatic carbocycles. The molecule has 1 fully saturated rings. The molecule has 1 saturated heterocycles. The Morgan fingerprint density at radius 1 is 1.33 bits per heavy atom. The van der Waals surface area contributed by atoms with Gasteiger partial charge in [0.1, 0.15) is 12.2 Å². The summed E-state index contributed by atoms with van der Waals surface area (Å²) in [5.74, 6) is -1.97. The summed E-state index contributed by atoms with van der Waals surface area (Å²) >= 11 is 0. The Morgan fingerprint density at radius 3 is 2.33 bits per heavy atom. The first kappa shape index (κ1) is 12.1. The molecule has 1 heterocycles. The van der Waals surface area contributed by atoms with Crippen LogP contribution in [0.5, 0.6) is 0 Å². The average molecular weight is 219 g/mol. The lowest BCUT2D eigenvalue weighted by atomic mass is 9.93. The maximum atomic E-state index is 11.4. The predicted molar refractivity (Wildman–Crippen MR) is 46.6 cm³/mol. The minimum absolute atomic E-state index is 0.905. The Kier molecular flexibility index (Phi) is 3.10. The fraction of sp³-hybridized carbons (Fsp3) is 0.750. The Morgan fingerprint density at radius 2 is 1.87 bits per heavy atom. The number of aliphatic hydroxyl groups is 3. The van der Waals surface area contributed by atoms with Crippen LogP contribution in [0.15, 0.2) is 0 Å². The Balaban J connectivity index is 3.12. The number of aliphatic hydroxyl groups excluding tert-OH is 3. The highest BCUT2D eigenvalue weighted by Gasteiger charge is 2.51. The molecule has 4 N–H and O–H groups in total. The van der Waals surface area contributed by atoms with Crippen molar-refractivity contribution >= 4 is 11.8 Å². The van der Waals surface area contributed by atoms with Crippen molar-refractivity contribution in [3.8, 4) is 0 Å². The van der Waals surface area contributed by atoms with Gasteiger partial charge >= 0.3 is 0 Å². The lowest BCUT2D eigenvalue weighted by Crippen LogP contribution is -2.56. The van der Waals surface area contributed by atoms with Crippen molar-refractivity contribution in [3.63, 3.8) is 0 Å². The lowest BCUT2D eigenvalue weighted by molar-refractivity contribution is -0.169. The Bertz CT molecular complexity index is 293. The van der Waals surface area contributed by atoms with Crippen molar-refractivity contribution in [2.75, 3.05) is 7.11 Å². The normalized spacial score (nSPS) is 42.3. The minimum atomic E-state index is -1.86. The van der Waals surface area contributed by atoms with E-state index in [2.05, 4.69) is 0 Å². The molecule has 0 aliphatic carbocycles. The molecule has 0 aromatic rings. The first-order chi connectivity index (χ1) is 6.84. The molecule has 0 bridgehead atoms. The van der Waals surface area contributed by atoms with Gasteiger partial charge in [-0.1, -0.05) is 0 Å². The highest BCUT2D eigenvalue weighted by atomic mass is 16.5. The number of carbonyl (C=O) groups excluding carboxylic acids is 2. The molecule has 15 heavy (non-hydrogen) atoms. The Hall–Kier alpha value is -1.02. The second-order valence-electron chi connectivity index (χ2n) is 3.51. The summed E-state index contributed by atoms with van der Waals surface area (Å²) in [5.41, 5.74) is -1.77. The zero-order chi connectivity index (χ0) is 11.8. The van der Waals surface area contributed by atoms with Crippen molar-refractivity contribution in [2.24, 2.45) is 0 Å². The van der Waals surface area contributed by atoms with Gasteiger partial charge in [-0.05, 0) is 6.92 Å². The molecule has 0 radical (unpaired) electrons. The van der Waals surface area contributed by atoms with Crippen LogP contribution in [0.25, 0.3) is 0 Å². The first-order valence-corrected chi connectivity index (χ1v) is 4.29. The predicted octanol–water partition coefficient (Wildman–Crippen LogP) is -2.87. The summed E-state index contributed by atoms with van der Waals surface area (Å²) in [7, 11) is 1.15. The van der Waals surface area contributed by atoms with E-state index in [9.17, 15) is 24.9 Å². The van der Waals surface area contributed by atoms with Gasteiger partial charge in [0.05, 0.1) is 0 Å².